The number of hydrogen-bond donors (Lipinski definition) is 5. The van der Waals surface area contributed by atoms with Crippen molar-refractivity contribution in [1.82, 2.24) is 5.48 Å². The van der Waals surface area contributed by atoms with Gasteiger partial charge in [0.2, 0.25) is 0 Å². The largest absolute Gasteiger partial charge is 0.481 e. The summed E-state index contributed by atoms with van der Waals surface area (Å²) in [5, 5.41) is 38.8. The first-order chi connectivity index (χ1) is 14.0. The molecular formula is C23H33NO5. The third-order valence-corrected chi connectivity index (χ3v) is 5.58. The number of carboxylic acids is 1. The van der Waals surface area contributed by atoms with Crippen LogP contribution >= 0.6 is 0 Å². The molecule has 1 aromatic carbocycles. The normalized spacial score (nSPS) is 25.8. The van der Waals surface area contributed by atoms with E-state index in [1.807, 2.05) is 48.6 Å². The van der Waals surface area contributed by atoms with Crippen molar-refractivity contribution in [3.63, 3.8) is 0 Å². The standard InChI is InChI=1S/C23H33NO5/c25-18(13-12-17-8-4-3-5-9-17)14-15-19-20(22(26)16-21(19)24-29)10-6-1-2-7-11-23(27)28/h1,3-6,8-9,14-15,18-22,24-26,29H,2,7,10-13,16H2,(H,27,28). The molecule has 1 saturated carbocycles. The maximum Gasteiger partial charge on any atom is 0.303 e. The van der Waals surface area contributed by atoms with Crippen molar-refractivity contribution in [2.24, 2.45) is 11.8 Å². The van der Waals surface area contributed by atoms with Gasteiger partial charge in [-0.25, -0.2) is 5.48 Å². The summed E-state index contributed by atoms with van der Waals surface area (Å²) in [5.74, 6) is -0.949. The van der Waals surface area contributed by atoms with Crippen LogP contribution in [0, 0.1) is 11.8 Å². The first-order valence-corrected chi connectivity index (χ1v) is 10.4. The fourth-order valence-electron chi connectivity index (χ4n) is 3.93. The highest BCUT2D eigenvalue weighted by Crippen LogP contribution is 2.36. The van der Waals surface area contributed by atoms with Crippen molar-refractivity contribution in [1.29, 1.82) is 0 Å². The van der Waals surface area contributed by atoms with Crippen molar-refractivity contribution in [2.45, 2.75) is 63.2 Å². The summed E-state index contributed by atoms with van der Waals surface area (Å²) in [6, 6.07) is 9.74. The van der Waals surface area contributed by atoms with Gasteiger partial charge in [0.1, 0.15) is 0 Å². The summed E-state index contributed by atoms with van der Waals surface area (Å²) in [5.41, 5.74) is 3.47. The molecule has 29 heavy (non-hydrogen) atoms. The molecule has 0 saturated heterocycles. The molecule has 0 heterocycles. The zero-order chi connectivity index (χ0) is 21.1. The minimum absolute atomic E-state index is 0.0621. The molecule has 1 aliphatic carbocycles. The van der Waals surface area contributed by atoms with Crippen LogP contribution in [0.3, 0.4) is 0 Å². The molecule has 2 rings (SSSR count). The Morgan fingerprint density at radius 2 is 2.00 bits per heavy atom. The smallest absolute Gasteiger partial charge is 0.303 e. The van der Waals surface area contributed by atoms with Gasteiger partial charge in [-0.3, -0.25) is 4.79 Å². The molecule has 5 unspecified atom stereocenters. The Morgan fingerprint density at radius 1 is 1.24 bits per heavy atom. The number of carbonyl (C=O) groups is 1. The van der Waals surface area contributed by atoms with E-state index in [1.54, 1.807) is 6.08 Å². The predicted molar refractivity (Wildman–Crippen MR) is 111 cm³/mol. The van der Waals surface area contributed by atoms with E-state index in [0.717, 1.165) is 6.42 Å². The molecule has 0 aromatic heterocycles. The molecule has 0 aliphatic heterocycles. The first kappa shape index (κ1) is 23.3. The second-order valence-electron chi connectivity index (χ2n) is 7.75. The molecule has 5 N–H and O–H groups in total. The Morgan fingerprint density at radius 3 is 2.69 bits per heavy atom. The zero-order valence-electron chi connectivity index (χ0n) is 16.7. The lowest BCUT2D eigenvalue weighted by atomic mass is 9.89. The molecule has 0 radical (unpaired) electrons. The molecule has 0 bridgehead atoms. The fourth-order valence-corrected chi connectivity index (χ4v) is 3.93. The second-order valence-corrected chi connectivity index (χ2v) is 7.75. The van der Waals surface area contributed by atoms with Gasteiger partial charge < -0.3 is 20.5 Å². The number of aliphatic hydroxyl groups is 2. The van der Waals surface area contributed by atoms with E-state index in [0.29, 0.717) is 32.1 Å². The fraction of sp³-hybridized carbons (Fsp3) is 0.522. The van der Waals surface area contributed by atoms with E-state index >= 15 is 0 Å². The van der Waals surface area contributed by atoms with Gasteiger partial charge in [-0.1, -0.05) is 54.6 Å². The Balaban J connectivity index is 1.87. The number of aryl methyl sites for hydroxylation is 1. The number of aliphatic hydroxyl groups excluding tert-OH is 2. The molecule has 5 atom stereocenters. The van der Waals surface area contributed by atoms with Crippen LogP contribution in [0.25, 0.3) is 0 Å². The van der Waals surface area contributed by atoms with E-state index in [-0.39, 0.29) is 24.3 Å². The molecule has 1 fully saturated rings. The lowest BCUT2D eigenvalue weighted by molar-refractivity contribution is -0.137. The summed E-state index contributed by atoms with van der Waals surface area (Å²) in [6.45, 7) is 0. The maximum absolute atomic E-state index is 10.5. The van der Waals surface area contributed by atoms with Gasteiger partial charge in [0, 0.05) is 18.4 Å². The SMILES string of the molecule is O=C(O)CCCC=CCC1C(O)CC(NO)C1C=CC(O)CCc1ccccc1. The number of benzene rings is 1. The summed E-state index contributed by atoms with van der Waals surface area (Å²) >= 11 is 0. The van der Waals surface area contributed by atoms with Crippen LogP contribution in [0.1, 0.15) is 44.1 Å². The van der Waals surface area contributed by atoms with Gasteiger partial charge >= 0.3 is 5.97 Å². The van der Waals surface area contributed by atoms with E-state index in [2.05, 4.69) is 5.48 Å². The number of aliphatic carboxylic acids is 1. The zero-order valence-corrected chi connectivity index (χ0v) is 16.7. The lowest BCUT2D eigenvalue weighted by Gasteiger charge is -2.21. The van der Waals surface area contributed by atoms with Crippen molar-refractivity contribution in [2.75, 3.05) is 0 Å². The maximum atomic E-state index is 10.5. The predicted octanol–water partition coefficient (Wildman–Crippen LogP) is 3.08. The molecular weight excluding hydrogens is 370 g/mol. The quantitative estimate of drug-likeness (QED) is 0.208. The van der Waals surface area contributed by atoms with Crippen LogP contribution in [0.5, 0.6) is 0 Å². The number of unbranched alkanes of at least 4 members (excludes halogenated alkanes) is 1. The van der Waals surface area contributed by atoms with Crippen molar-refractivity contribution in [3.05, 3.63) is 60.2 Å². The highest BCUT2D eigenvalue weighted by atomic mass is 16.5. The van der Waals surface area contributed by atoms with Crippen LogP contribution in [-0.4, -0.2) is 44.7 Å². The van der Waals surface area contributed by atoms with Gasteiger partial charge in [-0.15, -0.1) is 0 Å². The average molecular weight is 404 g/mol. The topological polar surface area (TPSA) is 110 Å². The van der Waals surface area contributed by atoms with E-state index < -0.39 is 18.2 Å². The van der Waals surface area contributed by atoms with Crippen molar-refractivity contribution >= 4 is 5.97 Å². The number of allylic oxidation sites excluding steroid dienone is 2. The molecule has 160 valence electrons. The molecule has 6 nitrogen and oxygen atoms in total. The monoisotopic (exact) mass is 403 g/mol. The molecule has 0 spiro atoms. The van der Waals surface area contributed by atoms with Crippen LogP contribution in [-0.2, 0) is 11.2 Å². The second kappa shape index (κ2) is 12.5. The van der Waals surface area contributed by atoms with Gasteiger partial charge in [0.25, 0.3) is 0 Å². The number of hydroxylamine groups is 1. The van der Waals surface area contributed by atoms with Crippen molar-refractivity contribution in [3.8, 4) is 0 Å². The summed E-state index contributed by atoms with van der Waals surface area (Å²) in [6.07, 6.45) is 10.4. The van der Waals surface area contributed by atoms with Crippen LogP contribution in [0.2, 0.25) is 0 Å². The molecule has 1 aliphatic rings. The van der Waals surface area contributed by atoms with Crippen LogP contribution < -0.4 is 5.48 Å². The van der Waals surface area contributed by atoms with Crippen LogP contribution in [0.15, 0.2) is 54.6 Å². The lowest BCUT2D eigenvalue weighted by Crippen LogP contribution is -2.30. The van der Waals surface area contributed by atoms with Crippen molar-refractivity contribution < 1.29 is 25.3 Å². The van der Waals surface area contributed by atoms with Gasteiger partial charge in [-0.2, -0.15) is 0 Å². The average Bonchev–Trinajstić information content (AvgIpc) is 3.02. The van der Waals surface area contributed by atoms with Gasteiger partial charge in [-0.05, 0) is 50.0 Å². The third-order valence-electron chi connectivity index (χ3n) is 5.58. The van der Waals surface area contributed by atoms with Gasteiger partial charge in [0.15, 0.2) is 0 Å². The third kappa shape index (κ3) is 8.11. The Bertz CT molecular complexity index is 660. The van der Waals surface area contributed by atoms with E-state index in [1.165, 1.54) is 5.56 Å². The number of carboxylic acid groups (broad SMARTS) is 1. The number of hydrogen-bond acceptors (Lipinski definition) is 5. The Kier molecular flexibility index (Phi) is 10.1. The summed E-state index contributed by atoms with van der Waals surface area (Å²) < 4.78 is 0. The first-order valence-electron chi connectivity index (χ1n) is 10.4. The minimum Gasteiger partial charge on any atom is -0.481 e. The van der Waals surface area contributed by atoms with Crippen LogP contribution in [0.4, 0.5) is 0 Å². The minimum atomic E-state index is -0.794. The van der Waals surface area contributed by atoms with E-state index in [9.17, 15) is 20.2 Å². The summed E-state index contributed by atoms with van der Waals surface area (Å²) in [7, 11) is 0. The molecule has 1 aromatic rings. The van der Waals surface area contributed by atoms with E-state index in [4.69, 9.17) is 5.11 Å². The summed E-state index contributed by atoms with van der Waals surface area (Å²) in [4.78, 5) is 10.5. The van der Waals surface area contributed by atoms with Gasteiger partial charge in [0.05, 0.1) is 12.2 Å². The highest BCUT2D eigenvalue weighted by Gasteiger charge is 2.40. The Labute approximate surface area is 172 Å². The number of rotatable bonds is 12. The molecule has 0 amide bonds. The number of nitrogens with one attached hydrogen (secondary N) is 1. The Hall–Kier alpha value is -1.99. The molecule has 6 heteroatoms. The highest BCUT2D eigenvalue weighted by molar-refractivity contribution is 5.66.